The molecule has 0 aliphatic carbocycles. The van der Waals surface area contributed by atoms with Crippen LogP contribution in [0.4, 0.5) is 37.2 Å². The summed E-state index contributed by atoms with van der Waals surface area (Å²) < 4.78 is 96.5. The van der Waals surface area contributed by atoms with Crippen LogP contribution in [0.1, 0.15) is 36.8 Å². The van der Waals surface area contributed by atoms with Crippen molar-refractivity contribution in [3.63, 3.8) is 0 Å². The Labute approximate surface area is 267 Å². The number of alkyl halides is 4. The summed E-state index contributed by atoms with van der Waals surface area (Å²) in [6.07, 6.45) is -4.44. The molecule has 0 bridgehead atoms. The molecule has 0 saturated carbocycles. The van der Waals surface area contributed by atoms with Crippen molar-refractivity contribution < 1.29 is 35.9 Å². The first-order valence-corrected chi connectivity index (χ1v) is 15.8. The molecule has 246 valence electrons. The van der Waals surface area contributed by atoms with E-state index >= 15 is 4.39 Å². The Morgan fingerprint density at radius 3 is 2.79 bits per heavy atom. The fourth-order valence-electron chi connectivity index (χ4n) is 7.12. The molecule has 9 nitrogen and oxygen atoms in total. The summed E-state index contributed by atoms with van der Waals surface area (Å²) in [6, 6.07) is 4.08. The Morgan fingerprint density at radius 2 is 2.02 bits per heavy atom. The van der Waals surface area contributed by atoms with Crippen LogP contribution in [0.2, 0.25) is 0 Å². The number of nitriles is 1. The molecule has 3 fully saturated rings. The van der Waals surface area contributed by atoms with Crippen LogP contribution < -0.4 is 20.7 Å². The highest BCUT2D eigenvalue weighted by molar-refractivity contribution is 7.23. The van der Waals surface area contributed by atoms with Crippen molar-refractivity contribution in [2.24, 2.45) is 0 Å². The minimum atomic E-state index is -5.11. The quantitative estimate of drug-likeness (QED) is 0.265. The molecule has 3 N–H and O–H groups in total. The molecular weight excluding hydrogens is 648 g/mol. The summed E-state index contributed by atoms with van der Waals surface area (Å²) >= 11 is 0.673. The predicted octanol–water partition coefficient (Wildman–Crippen LogP) is 5.54. The van der Waals surface area contributed by atoms with Crippen molar-refractivity contribution in [2.75, 3.05) is 50.0 Å². The summed E-state index contributed by atoms with van der Waals surface area (Å²) in [7, 11) is 0. The van der Waals surface area contributed by atoms with E-state index in [0.29, 0.717) is 24.3 Å². The van der Waals surface area contributed by atoms with E-state index in [-0.39, 0.29) is 95.0 Å². The highest BCUT2D eigenvalue weighted by atomic mass is 32.1. The van der Waals surface area contributed by atoms with Gasteiger partial charge in [-0.25, -0.2) is 13.2 Å². The van der Waals surface area contributed by atoms with Gasteiger partial charge in [0.15, 0.2) is 5.82 Å². The summed E-state index contributed by atoms with van der Waals surface area (Å²) in [5, 5.41) is 11.8. The third kappa shape index (κ3) is 5.25. The van der Waals surface area contributed by atoms with E-state index in [2.05, 4.69) is 15.3 Å². The summed E-state index contributed by atoms with van der Waals surface area (Å²) in [5.74, 6) is -2.56. The number of amides is 1. The van der Waals surface area contributed by atoms with Crippen molar-refractivity contribution in [2.45, 2.75) is 43.6 Å². The van der Waals surface area contributed by atoms with Crippen LogP contribution in [0.25, 0.3) is 32.1 Å². The van der Waals surface area contributed by atoms with Crippen molar-refractivity contribution in [3.05, 3.63) is 41.0 Å². The summed E-state index contributed by atoms with van der Waals surface area (Å²) in [4.78, 5) is 24.4. The van der Waals surface area contributed by atoms with Gasteiger partial charge in [0.2, 0.25) is 5.91 Å². The zero-order valence-corrected chi connectivity index (χ0v) is 25.5. The van der Waals surface area contributed by atoms with Crippen LogP contribution in [0, 0.1) is 23.0 Å². The molecule has 2 aromatic carbocycles. The molecule has 2 atom stereocenters. The van der Waals surface area contributed by atoms with Gasteiger partial charge in [0, 0.05) is 55.4 Å². The van der Waals surface area contributed by atoms with Gasteiger partial charge >= 0.3 is 12.2 Å². The zero-order chi connectivity index (χ0) is 33.2. The van der Waals surface area contributed by atoms with Crippen molar-refractivity contribution in [1.82, 2.24) is 20.2 Å². The molecule has 0 unspecified atom stereocenters. The number of fused-ring (bicyclic) bond motifs is 3. The number of carbonyl (C=O) groups excluding carboxylic acids is 1. The number of rotatable bonds is 5. The standard InChI is InChI=1S/C31H27F6N7O2S/c32-15-11-30(5-1-7-44(30)13-15)14-46-29-41-25-17(28(42-29)43-8-4-21(45)40-6-9-43)10-19(31(35,36)37)23(24(25)34)16-2-3-20(33)26-22(16)18(12-38)27(39)47-26/h2-3,10,15H,1,4-9,11,13-14,39H2,(H,40,45)/t15-,30+/m1/s1. The van der Waals surface area contributed by atoms with E-state index in [1.54, 1.807) is 11.0 Å². The average Bonchev–Trinajstić information content (AvgIpc) is 3.60. The molecule has 4 aromatic rings. The lowest BCUT2D eigenvalue weighted by molar-refractivity contribution is -0.137. The van der Waals surface area contributed by atoms with Crippen LogP contribution in [-0.4, -0.2) is 71.8 Å². The fourth-order valence-corrected chi connectivity index (χ4v) is 8.07. The third-order valence-corrected chi connectivity index (χ3v) is 10.3. The second-order valence-electron chi connectivity index (χ2n) is 12.0. The molecule has 0 spiro atoms. The molecular formula is C31H27F6N7O2S. The highest BCUT2D eigenvalue weighted by Crippen LogP contribution is 2.48. The maximum absolute atomic E-state index is 16.9. The number of nitrogens with one attached hydrogen (secondary N) is 1. The molecule has 5 heterocycles. The lowest BCUT2D eigenvalue weighted by Gasteiger charge is -2.31. The maximum atomic E-state index is 16.9. The molecule has 2 aromatic heterocycles. The Balaban J connectivity index is 1.46. The first-order chi connectivity index (χ1) is 22.4. The minimum Gasteiger partial charge on any atom is -0.461 e. The summed E-state index contributed by atoms with van der Waals surface area (Å²) in [5.41, 5.74) is 1.80. The van der Waals surface area contributed by atoms with Crippen LogP contribution >= 0.6 is 11.3 Å². The van der Waals surface area contributed by atoms with Gasteiger partial charge in [0.25, 0.3) is 0 Å². The first kappa shape index (κ1) is 31.3. The van der Waals surface area contributed by atoms with E-state index in [0.717, 1.165) is 24.6 Å². The zero-order valence-electron chi connectivity index (χ0n) is 24.7. The number of hydrogen-bond donors (Lipinski definition) is 2. The van der Waals surface area contributed by atoms with Crippen LogP contribution in [0.3, 0.4) is 0 Å². The Kier molecular flexibility index (Phi) is 7.59. The minimum absolute atomic E-state index is 0.00835. The van der Waals surface area contributed by atoms with Crippen molar-refractivity contribution in [3.8, 4) is 23.2 Å². The van der Waals surface area contributed by atoms with E-state index in [1.165, 1.54) is 0 Å². The predicted molar refractivity (Wildman–Crippen MR) is 163 cm³/mol. The van der Waals surface area contributed by atoms with Gasteiger partial charge < -0.3 is 20.7 Å². The highest BCUT2D eigenvalue weighted by Gasteiger charge is 2.49. The molecule has 3 aliphatic heterocycles. The van der Waals surface area contributed by atoms with Gasteiger partial charge in [0.1, 0.15) is 41.0 Å². The lowest BCUT2D eigenvalue weighted by atomic mass is 9.92. The number of nitrogens with two attached hydrogens (primary N) is 1. The van der Waals surface area contributed by atoms with Crippen LogP contribution in [0.5, 0.6) is 6.01 Å². The molecule has 47 heavy (non-hydrogen) atoms. The largest absolute Gasteiger partial charge is 0.461 e. The lowest BCUT2D eigenvalue weighted by Crippen LogP contribution is -2.43. The third-order valence-electron chi connectivity index (χ3n) is 9.24. The van der Waals surface area contributed by atoms with Crippen LogP contribution in [-0.2, 0) is 11.0 Å². The molecule has 0 radical (unpaired) electrons. The maximum Gasteiger partial charge on any atom is 0.417 e. The van der Waals surface area contributed by atoms with Gasteiger partial charge in [0.05, 0.1) is 21.4 Å². The van der Waals surface area contributed by atoms with Crippen molar-refractivity contribution >= 4 is 49.1 Å². The smallest absolute Gasteiger partial charge is 0.417 e. The number of aromatic nitrogens is 2. The molecule has 1 amide bonds. The number of nitrogens with zero attached hydrogens (tertiary/aromatic N) is 5. The second-order valence-corrected chi connectivity index (χ2v) is 13.1. The number of thiophene rings is 1. The number of carbonyl (C=O) groups is 1. The first-order valence-electron chi connectivity index (χ1n) is 15.0. The van der Waals surface area contributed by atoms with Gasteiger partial charge in [-0.2, -0.15) is 28.4 Å². The van der Waals surface area contributed by atoms with E-state index in [9.17, 15) is 32.0 Å². The van der Waals surface area contributed by atoms with Gasteiger partial charge in [-0.3, -0.25) is 9.69 Å². The van der Waals surface area contributed by atoms with Crippen molar-refractivity contribution in [1.29, 1.82) is 5.26 Å². The fraction of sp³-hybridized carbons (Fsp3) is 0.419. The number of nitrogen functional groups attached to an aromatic ring is 1. The molecule has 3 aliphatic rings. The van der Waals surface area contributed by atoms with E-state index in [1.807, 2.05) is 4.90 Å². The number of ether oxygens (including phenoxy) is 1. The monoisotopic (exact) mass is 675 g/mol. The molecule has 7 rings (SSSR count). The normalized spacial score (nSPS) is 22.0. The Bertz CT molecular complexity index is 1980. The Hall–Kier alpha value is -4.36. The van der Waals surface area contributed by atoms with Crippen LogP contribution in [0.15, 0.2) is 18.2 Å². The van der Waals surface area contributed by atoms with Gasteiger partial charge in [-0.15, -0.1) is 11.3 Å². The molecule has 3 saturated heterocycles. The Morgan fingerprint density at radius 1 is 1.21 bits per heavy atom. The second kappa shape index (κ2) is 11.4. The van der Waals surface area contributed by atoms with E-state index < -0.39 is 46.2 Å². The number of anilines is 2. The number of halogens is 6. The topological polar surface area (TPSA) is 120 Å². The average molecular weight is 676 g/mol. The van der Waals surface area contributed by atoms with E-state index in [4.69, 9.17) is 10.5 Å². The molecule has 16 heteroatoms. The van der Waals surface area contributed by atoms with Gasteiger partial charge in [-0.1, -0.05) is 6.07 Å². The number of hydrogen-bond acceptors (Lipinski definition) is 9. The van der Waals surface area contributed by atoms with Gasteiger partial charge in [-0.05, 0) is 37.1 Å². The summed E-state index contributed by atoms with van der Waals surface area (Å²) in [6.45, 7) is 1.30. The number of benzene rings is 2. The SMILES string of the molecule is N#Cc1c(N)sc2c(F)ccc(-c3c(C(F)(F)F)cc4c(N5CCNC(=O)CC5)nc(OC[C@@]56CCCN5C[C@H](F)C6)nc4c3F)c12.